The molecule has 0 atom stereocenters. The first kappa shape index (κ1) is 19.3. The van der Waals surface area contributed by atoms with Gasteiger partial charge in [-0.1, -0.05) is 36.4 Å². The second-order valence-corrected chi connectivity index (χ2v) is 6.51. The zero-order valence-electron chi connectivity index (χ0n) is 16.0. The van der Waals surface area contributed by atoms with Gasteiger partial charge in [-0.25, -0.2) is 14.8 Å². The number of hydrogen-bond donors (Lipinski definition) is 3. The quantitative estimate of drug-likeness (QED) is 0.337. The van der Waals surface area contributed by atoms with Crippen molar-refractivity contribution in [1.82, 2.24) is 20.3 Å². The topological polar surface area (TPSA) is 123 Å². The lowest BCUT2D eigenvalue weighted by Gasteiger charge is -2.08. The van der Waals surface area contributed by atoms with Gasteiger partial charge in [0.15, 0.2) is 0 Å². The number of nitrogens with zero attached hydrogens (tertiary/aromatic N) is 2. The van der Waals surface area contributed by atoms with Crippen LogP contribution in [0.2, 0.25) is 0 Å². The highest BCUT2D eigenvalue weighted by Gasteiger charge is 2.17. The minimum absolute atomic E-state index is 0.0504. The van der Waals surface area contributed by atoms with Crippen molar-refractivity contribution in [1.29, 1.82) is 0 Å². The molecule has 0 aliphatic heterocycles. The van der Waals surface area contributed by atoms with E-state index in [0.717, 1.165) is 16.5 Å². The number of carbonyl (C=O) groups excluding carboxylic acids is 2. The van der Waals surface area contributed by atoms with Gasteiger partial charge in [0, 0.05) is 23.7 Å². The third-order valence-corrected chi connectivity index (χ3v) is 4.42. The maximum absolute atomic E-state index is 12.6. The van der Waals surface area contributed by atoms with Gasteiger partial charge in [0.05, 0.1) is 5.69 Å². The molecule has 0 fully saturated rings. The summed E-state index contributed by atoms with van der Waals surface area (Å²) in [5, 5.41) is 3.29. The summed E-state index contributed by atoms with van der Waals surface area (Å²) in [6.07, 6.45) is 1.73. The predicted octanol–water partition coefficient (Wildman–Crippen LogP) is 2.42. The molecule has 4 N–H and O–H groups in total. The molecule has 1 amide bonds. The lowest BCUT2D eigenvalue weighted by atomic mass is 10.1. The summed E-state index contributed by atoms with van der Waals surface area (Å²) in [7, 11) is 0. The zero-order valence-corrected chi connectivity index (χ0v) is 16.0. The molecule has 0 bridgehead atoms. The summed E-state index contributed by atoms with van der Waals surface area (Å²) in [6, 6.07) is 18.1. The average molecular weight is 401 g/mol. The largest absolute Gasteiger partial charge is 0.425 e. The number of nitrogens with one attached hydrogen (secondary N) is 2. The van der Waals surface area contributed by atoms with E-state index in [-0.39, 0.29) is 12.4 Å². The van der Waals surface area contributed by atoms with Crippen LogP contribution < -0.4 is 15.8 Å². The molecular weight excluding hydrogens is 382 g/mol. The first-order valence-corrected chi connectivity index (χ1v) is 9.32. The molecule has 2 aromatic carbocycles. The fourth-order valence-electron chi connectivity index (χ4n) is 3.00. The molecule has 2 heterocycles. The third kappa shape index (κ3) is 4.18. The molecule has 8 nitrogen and oxygen atoms in total. The molecule has 0 aliphatic rings. The summed E-state index contributed by atoms with van der Waals surface area (Å²) >= 11 is 0. The second kappa shape index (κ2) is 8.54. The van der Waals surface area contributed by atoms with Gasteiger partial charge in [-0.2, -0.15) is 0 Å². The molecule has 0 saturated heterocycles. The molecule has 30 heavy (non-hydrogen) atoms. The molecule has 150 valence electrons. The Morgan fingerprint density at radius 3 is 2.67 bits per heavy atom. The summed E-state index contributed by atoms with van der Waals surface area (Å²) < 4.78 is 5.16. The summed E-state index contributed by atoms with van der Waals surface area (Å²) in [6.45, 7) is 0.0872. The van der Waals surface area contributed by atoms with Gasteiger partial charge in [-0.05, 0) is 29.8 Å². The van der Waals surface area contributed by atoms with Crippen LogP contribution in [0.4, 0.5) is 0 Å². The van der Waals surface area contributed by atoms with Crippen molar-refractivity contribution < 1.29 is 14.3 Å². The number of amides is 1. The molecule has 0 radical (unpaired) electrons. The number of nitrogens with two attached hydrogens (primary N) is 1. The van der Waals surface area contributed by atoms with Crippen molar-refractivity contribution in [2.45, 2.75) is 6.54 Å². The Morgan fingerprint density at radius 1 is 1.03 bits per heavy atom. The number of para-hydroxylation sites is 1. The van der Waals surface area contributed by atoms with Gasteiger partial charge in [0.2, 0.25) is 5.82 Å². The minimum atomic E-state index is -0.591. The maximum atomic E-state index is 12.6. The molecule has 8 heteroatoms. The van der Waals surface area contributed by atoms with E-state index >= 15 is 0 Å². The van der Waals surface area contributed by atoms with Crippen LogP contribution in [0, 0.1) is 0 Å². The average Bonchev–Trinajstić information content (AvgIpc) is 3.26. The number of aromatic nitrogens is 3. The SMILES string of the molecule is NCc1cccc(-c2nc(C(=O)NCC(=O)Oc3ccccc3)nc3[nH]ccc23)c1. The monoisotopic (exact) mass is 401 g/mol. The van der Waals surface area contributed by atoms with E-state index in [1.807, 2.05) is 36.4 Å². The molecule has 0 aliphatic carbocycles. The van der Waals surface area contributed by atoms with Gasteiger partial charge in [-0.3, -0.25) is 4.79 Å². The van der Waals surface area contributed by atoms with E-state index in [0.29, 0.717) is 23.6 Å². The number of rotatable bonds is 6. The Morgan fingerprint density at radius 2 is 1.87 bits per heavy atom. The fraction of sp³-hybridized carbons (Fsp3) is 0.0909. The van der Waals surface area contributed by atoms with Crippen LogP contribution in [0.1, 0.15) is 16.2 Å². The fourth-order valence-corrected chi connectivity index (χ4v) is 3.00. The summed E-state index contributed by atoms with van der Waals surface area (Å²) in [4.78, 5) is 36.3. The van der Waals surface area contributed by atoms with Crippen LogP contribution in [0.25, 0.3) is 22.3 Å². The van der Waals surface area contributed by atoms with Gasteiger partial charge in [0.25, 0.3) is 5.91 Å². The Kier molecular flexibility index (Phi) is 5.49. The van der Waals surface area contributed by atoms with E-state index < -0.39 is 11.9 Å². The number of fused-ring (bicyclic) bond motifs is 1. The maximum Gasteiger partial charge on any atom is 0.330 e. The predicted molar refractivity (Wildman–Crippen MR) is 112 cm³/mol. The normalized spacial score (nSPS) is 10.7. The molecule has 0 spiro atoms. The van der Waals surface area contributed by atoms with Crippen LogP contribution in [0.3, 0.4) is 0 Å². The van der Waals surface area contributed by atoms with Crippen LogP contribution in [0.5, 0.6) is 5.75 Å². The molecule has 4 rings (SSSR count). The number of H-pyrrole nitrogens is 1. The summed E-state index contributed by atoms with van der Waals surface area (Å²) in [5.74, 6) is -0.812. The number of ether oxygens (including phenoxy) is 1. The summed E-state index contributed by atoms with van der Waals surface area (Å²) in [5.41, 5.74) is 8.64. The number of hydrogen-bond acceptors (Lipinski definition) is 6. The van der Waals surface area contributed by atoms with Crippen molar-refractivity contribution in [2.24, 2.45) is 5.73 Å². The van der Waals surface area contributed by atoms with Crippen LogP contribution in [-0.4, -0.2) is 33.4 Å². The van der Waals surface area contributed by atoms with E-state index in [1.54, 1.807) is 30.5 Å². The number of esters is 1. The Labute approximate surface area is 172 Å². The van der Waals surface area contributed by atoms with Gasteiger partial charge in [-0.15, -0.1) is 0 Å². The van der Waals surface area contributed by atoms with Crippen molar-refractivity contribution in [3.8, 4) is 17.0 Å². The number of benzene rings is 2. The first-order valence-electron chi connectivity index (χ1n) is 9.32. The molecule has 0 saturated carbocycles. The lowest BCUT2D eigenvalue weighted by Crippen LogP contribution is -2.33. The smallest absolute Gasteiger partial charge is 0.330 e. The molecular formula is C22H19N5O3. The number of aromatic amines is 1. The highest BCUT2D eigenvalue weighted by molar-refractivity contribution is 5.98. The minimum Gasteiger partial charge on any atom is -0.425 e. The van der Waals surface area contributed by atoms with Crippen LogP contribution in [-0.2, 0) is 11.3 Å². The van der Waals surface area contributed by atoms with Crippen molar-refractivity contribution in [3.05, 3.63) is 78.2 Å². The van der Waals surface area contributed by atoms with Crippen molar-refractivity contribution in [2.75, 3.05) is 6.54 Å². The second-order valence-electron chi connectivity index (χ2n) is 6.51. The molecule has 4 aromatic rings. The third-order valence-electron chi connectivity index (χ3n) is 4.42. The van der Waals surface area contributed by atoms with Crippen LogP contribution >= 0.6 is 0 Å². The van der Waals surface area contributed by atoms with Gasteiger partial charge < -0.3 is 20.8 Å². The van der Waals surface area contributed by atoms with Crippen molar-refractivity contribution in [3.63, 3.8) is 0 Å². The molecule has 2 aromatic heterocycles. The Hall–Kier alpha value is -4.04. The van der Waals surface area contributed by atoms with E-state index in [4.69, 9.17) is 10.5 Å². The lowest BCUT2D eigenvalue weighted by molar-refractivity contribution is -0.133. The van der Waals surface area contributed by atoms with Crippen molar-refractivity contribution >= 4 is 22.9 Å². The highest BCUT2D eigenvalue weighted by Crippen LogP contribution is 2.26. The number of carbonyl (C=O) groups is 2. The van der Waals surface area contributed by atoms with Crippen LogP contribution in [0.15, 0.2) is 66.9 Å². The first-order chi connectivity index (χ1) is 14.6. The standard InChI is InChI=1S/C22H19N5O3/c23-12-14-5-4-6-15(11-14)19-17-9-10-24-20(17)27-21(26-19)22(29)25-13-18(28)30-16-7-2-1-3-8-16/h1-11H,12-13,23H2,(H,25,29)(H,24,26,27). The zero-order chi connectivity index (χ0) is 20.9. The molecule has 0 unspecified atom stereocenters. The highest BCUT2D eigenvalue weighted by atomic mass is 16.5. The van der Waals surface area contributed by atoms with Gasteiger partial charge >= 0.3 is 5.97 Å². The van der Waals surface area contributed by atoms with E-state index in [2.05, 4.69) is 20.3 Å². The Bertz CT molecular complexity index is 1200. The Balaban J connectivity index is 1.55. The van der Waals surface area contributed by atoms with E-state index in [1.165, 1.54) is 0 Å². The van der Waals surface area contributed by atoms with E-state index in [9.17, 15) is 9.59 Å². The van der Waals surface area contributed by atoms with Gasteiger partial charge in [0.1, 0.15) is 17.9 Å².